The van der Waals surface area contributed by atoms with Gasteiger partial charge in [0.25, 0.3) is 0 Å². The zero-order chi connectivity index (χ0) is 21.1. The van der Waals surface area contributed by atoms with E-state index in [0.717, 1.165) is 43.3 Å². The molecule has 4 rings (SSSR count). The van der Waals surface area contributed by atoms with E-state index < -0.39 is 0 Å². The van der Waals surface area contributed by atoms with Gasteiger partial charge in [0.15, 0.2) is 5.13 Å². The largest absolute Gasteiger partial charge is 0.486 e. The van der Waals surface area contributed by atoms with Gasteiger partial charge in [0.1, 0.15) is 11.5 Å². The second-order valence-electron chi connectivity index (χ2n) is 6.32. The van der Waals surface area contributed by atoms with E-state index >= 15 is 0 Å². The normalized spacial score (nSPS) is 10.6. The van der Waals surface area contributed by atoms with Gasteiger partial charge in [0.05, 0.1) is 17.7 Å². The van der Waals surface area contributed by atoms with E-state index in [2.05, 4.69) is 12.2 Å². The molecule has 1 N–H and O–H groups in total. The lowest BCUT2D eigenvalue weighted by atomic mass is 10.2. The first-order chi connectivity index (χ1) is 14.5. The minimum Gasteiger partial charge on any atom is -0.486 e. The molecule has 2 aromatic heterocycles. The molecule has 0 unspecified atom stereocenters. The number of methoxy groups -OCH3 is 1. The molecular formula is C22H17ClN2O2S3. The molecule has 0 bridgehead atoms. The maximum absolute atomic E-state index is 5.90. The number of nitrogens with one attached hydrogen (secondary N) is 1. The first-order valence-corrected chi connectivity index (χ1v) is 11.5. The number of thiazole rings is 1. The number of halogens is 1. The van der Waals surface area contributed by atoms with Crippen LogP contribution in [0.25, 0.3) is 11.3 Å². The van der Waals surface area contributed by atoms with Crippen LogP contribution in [0.3, 0.4) is 0 Å². The van der Waals surface area contributed by atoms with Crippen LogP contribution in [0.1, 0.15) is 9.75 Å². The van der Waals surface area contributed by atoms with Crippen molar-refractivity contribution in [3.05, 3.63) is 74.8 Å². The molecule has 0 aliphatic carbocycles. The minimum atomic E-state index is 0.504. The maximum Gasteiger partial charge on any atom is 0.201 e. The molecule has 0 saturated carbocycles. The second-order valence-corrected chi connectivity index (χ2v) is 9.24. The van der Waals surface area contributed by atoms with Crippen molar-refractivity contribution >= 4 is 62.4 Å². The molecule has 0 fully saturated rings. The van der Waals surface area contributed by atoms with Crippen LogP contribution in [0, 0.1) is 6.92 Å². The van der Waals surface area contributed by atoms with Crippen molar-refractivity contribution in [2.24, 2.45) is 0 Å². The number of benzene rings is 2. The number of anilines is 2. The number of thiophene rings is 1. The smallest absolute Gasteiger partial charge is 0.201 e. The molecule has 0 spiro atoms. The number of thiocarbonyl (C=S) groups is 1. The highest BCUT2D eigenvalue weighted by Crippen LogP contribution is 2.34. The molecule has 0 radical (unpaired) electrons. The number of ether oxygens (including phenoxy) is 2. The molecule has 0 aliphatic rings. The molecule has 0 amide bonds. The first kappa shape index (κ1) is 20.8. The lowest BCUT2D eigenvalue weighted by Gasteiger charge is -2.07. The van der Waals surface area contributed by atoms with Crippen LogP contribution >= 0.6 is 46.5 Å². The molecular weight excluding hydrogens is 456 g/mol. The molecule has 8 heteroatoms. The Kier molecular flexibility index (Phi) is 6.34. The molecule has 152 valence electrons. The molecule has 30 heavy (non-hydrogen) atoms. The fraction of sp³-hybridized carbons (Fsp3) is 0.0909. The summed E-state index contributed by atoms with van der Waals surface area (Å²) in [5.41, 5.74) is 2.93. The topological polar surface area (TPSA) is 43.4 Å². The van der Waals surface area contributed by atoms with E-state index in [1.54, 1.807) is 41.9 Å². The van der Waals surface area contributed by atoms with Crippen LogP contribution < -0.4 is 10.1 Å². The Morgan fingerprint density at radius 1 is 1.07 bits per heavy atom. The van der Waals surface area contributed by atoms with Crippen LogP contribution in [0.4, 0.5) is 10.8 Å². The summed E-state index contributed by atoms with van der Waals surface area (Å²) in [7, 11) is 1.59. The van der Waals surface area contributed by atoms with Gasteiger partial charge >= 0.3 is 0 Å². The Bertz CT molecular complexity index is 1170. The number of aryl methyl sites for hydroxylation is 1. The summed E-state index contributed by atoms with van der Waals surface area (Å²) < 4.78 is 11.0. The van der Waals surface area contributed by atoms with Crippen LogP contribution in [-0.2, 0) is 4.74 Å². The van der Waals surface area contributed by atoms with Crippen LogP contribution in [-0.4, -0.2) is 17.1 Å². The average molecular weight is 473 g/mol. The third-order valence-electron chi connectivity index (χ3n) is 4.24. The van der Waals surface area contributed by atoms with Gasteiger partial charge in [-0.1, -0.05) is 11.6 Å². The highest BCUT2D eigenvalue weighted by molar-refractivity contribution is 7.80. The van der Waals surface area contributed by atoms with Crippen molar-refractivity contribution in [3.8, 4) is 22.8 Å². The van der Waals surface area contributed by atoms with Crippen LogP contribution in [0.15, 0.2) is 60.0 Å². The summed E-state index contributed by atoms with van der Waals surface area (Å²) in [4.78, 5) is 6.82. The Labute approximate surface area is 193 Å². The van der Waals surface area contributed by atoms with E-state index in [-0.39, 0.29) is 0 Å². The standard InChI is InChI=1S/C22H17ClN2O2S3/c1-13-18(11-20(30-13)21(28)26-2)19-12-29-22(25-19)24-15-5-9-17(10-6-15)27-16-7-3-14(23)4-8-16/h3-12H,1-2H3,(H,24,25). The predicted molar refractivity (Wildman–Crippen MR) is 130 cm³/mol. The maximum atomic E-state index is 5.90. The van der Waals surface area contributed by atoms with Crippen molar-refractivity contribution in [1.29, 1.82) is 0 Å². The van der Waals surface area contributed by atoms with E-state index in [1.807, 2.05) is 47.8 Å². The van der Waals surface area contributed by atoms with E-state index in [4.69, 9.17) is 38.3 Å². The van der Waals surface area contributed by atoms with E-state index in [0.29, 0.717) is 10.1 Å². The quantitative estimate of drug-likeness (QED) is 0.291. The van der Waals surface area contributed by atoms with Gasteiger partial charge in [-0.3, -0.25) is 0 Å². The Balaban J connectivity index is 1.44. The molecule has 4 aromatic rings. The Hall–Kier alpha value is -2.45. The predicted octanol–water partition coefficient (Wildman–Crippen LogP) is 7.69. The summed E-state index contributed by atoms with van der Waals surface area (Å²) in [6, 6.07) is 17.0. The molecule has 2 heterocycles. The molecule has 0 saturated heterocycles. The highest BCUT2D eigenvalue weighted by atomic mass is 35.5. The average Bonchev–Trinajstić information content (AvgIpc) is 3.37. The van der Waals surface area contributed by atoms with Gasteiger partial charge in [0, 0.05) is 26.5 Å². The van der Waals surface area contributed by atoms with Crippen molar-refractivity contribution in [1.82, 2.24) is 4.98 Å². The number of rotatable bonds is 6. The fourth-order valence-corrected chi connectivity index (χ4v) is 4.75. The van der Waals surface area contributed by atoms with Gasteiger partial charge in [-0.15, -0.1) is 22.7 Å². The van der Waals surface area contributed by atoms with Gasteiger partial charge in [0.2, 0.25) is 5.05 Å². The second kappa shape index (κ2) is 9.14. The number of aromatic nitrogens is 1. The highest BCUT2D eigenvalue weighted by Gasteiger charge is 2.14. The summed E-state index contributed by atoms with van der Waals surface area (Å²) in [5.74, 6) is 1.49. The first-order valence-electron chi connectivity index (χ1n) is 8.97. The zero-order valence-corrected chi connectivity index (χ0v) is 19.3. The minimum absolute atomic E-state index is 0.504. The third kappa shape index (κ3) is 4.82. The molecule has 0 atom stereocenters. The number of hydrogen-bond donors (Lipinski definition) is 1. The van der Waals surface area contributed by atoms with Crippen molar-refractivity contribution in [2.75, 3.05) is 12.4 Å². The fourth-order valence-electron chi connectivity index (χ4n) is 2.76. The zero-order valence-electron chi connectivity index (χ0n) is 16.1. The van der Waals surface area contributed by atoms with Gasteiger partial charge in [-0.05, 0) is 73.7 Å². The molecule has 2 aromatic carbocycles. The van der Waals surface area contributed by atoms with Crippen LogP contribution in [0.2, 0.25) is 5.02 Å². The summed E-state index contributed by atoms with van der Waals surface area (Å²) >= 11 is 14.3. The number of hydrogen-bond acceptors (Lipinski definition) is 7. The van der Waals surface area contributed by atoms with Gasteiger partial charge < -0.3 is 14.8 Å². The van der Waals surface area contributed by atoms with Crippen molar-refractivity contribution in [3.63, 3.8) is 0 Å². The van der Waals surface area contributed by atoms with Crippen molar-refractivity contribution < 1.29 is 9.47 Å². The van der Waals surface area contributed by atoms with Gasteiger partial charge in [-0.25, -0.2) is 4.98 Å². The molecule has 4 nitrogen and oxygen atoms in total. The SMILES string of the molecule is COC(=S)c1cc(-c2csc(Nc3ccc(Oc4ccc(Cl)cc4)cc3)n2)c(C)s1. The Morgan fingerprint density at radius 2 is 1.73 bits per heavy atom. The summed E-state index contributed by atoms with van der Waals surface area (Å²) in [5, 5.41) is 7.38. The lowest BCUT2D eigenvalue weighted by Crippen LogP contribution is -1.94. The third-order valence-corrected chi connectivity index (χ3v) is 6.81. The summed E-state index contributed by atoms with van der Waals surface area (Å²) in [6.07, 6.45) is 0. The van der Waals surface area contributed by atoms with E-state index in [1.165, 1.54) is 0 Å². The summed E-state index contributed by atoms with van der Waals surface area (Å²) in [6.45, 7) is 2.06. The van der Waals surface area contributed by atoms with Crippen LogP contribution in [0.5, 0.6) is 11.5 Å². The Morgan fingerprint density at radius 3 is 2.40 bits per heavy atom. The van der Waals surface area contributed by atoms with E-state index in [9.17, 15) is 0 Å². The monoisotopic (exact) mass is 472 g/mol. The lowest BCUT2D eigenvalue weighted by molar-refractivity contribution is 0.417. The number of nitrogens with zero attached hydrogens (tertiary/aromatic N) is 1. The van der Waals surface area contributed by atoms with Crippen molar-refractivity contribution in [2.45, 2.75) is 6.92 Å². The molecule has 0 aliphatic heterocycles. The van der Waals surface area contributed by atoms with Gasteiger partial charge in [-0.2, -0.15) is 0 Å².